The summed E-state index contributed by atoms with van der Waals surface area (Å²) in [6.07, 6.45) is 0.392. The van der Waals surface area contributed by atoms with Gasteiger partial charge in [-0.25, -0.2) is 0 Å². The number of guanidine groups is 1. The van der Waals surface area contributed by atoms with Crippen LogP contribution in [0.5, 0.6) is 11.5 Å². The fourth-order valence-corrected chi connectivity index (χ4v) is 3.54. The Labute approximate surface area is 205 Å². The monoisotopic (exact) mass is 474 g/mol. The molecule has 3 rings (SSSR count). The lowest BCUT2D eigenvalue weighted by molar-refractivity contribution is -0.123. The van der Waals surface area contributed by atoms with Gasteiger partial charge < -0.3 is 20.1 Å². The van der Waals surface area contributed by atoms with Crippen molar-refractivity contribution in [1.29, 1.82) is 5.41 Å². The Hall–Kier alpha value is -4.33. The Balaban J connectivity index is 1.61. The second kappa shape index (κ2) is 12.8. The van der Waals surface area contributed by atoms with Crippen LogP contribution in [-0.4, -0.2) is 38.0 Å². The zero-order valence-corrected chi connectivity index (χ0v) is 19.8. The molecule has 4 N–H and O–H groups in total. The summed E-state index contributed by atoms with van der Waals surface area (Å²) in [6.45, 7) is 0.367. The molecule has 1 atom stereocenters. The van der Waals surface area contributed by atoms with E-state index < -0.39 is 11.9 Å². The number of ether oxygens (including phenoxy) is 2. The fourth-order valence-electron chi connectivity index (χ4n) is 3.54. The fraction of sp³-hybridized carbons (Fsp3) is 0.222. The van der Waals surface area contributed by atoms with E-state index in [2.05, 4.69) is 16.0 Å². The first-order chi connectivity index (χ1) is 17.0. The molecule has 0 aliphatic heterocycles. The summed E-state index contributed by atoms with van der Waals surface area (Å²) in [6, 6.07) is 23.5. The number of nitrogens with one attached hydrogen (secondary N) is 4. The SMILES string of the molecule is COc1ccc(CC(=O)NC(=N)N[C@H](Cc2ccccc2)C(=O)NCc2ccccc2)cc1OC. The quantitative estimate of drug-likeness (QED) is 0.267. The predicted octanol–water partition coefficient (Wildman–Crippen LogP) is 2.81. The second-order valence-corrected chi connectivity index (χ2v) is 7.88. The maximum atomic E-state index is 13.0. The molecule has 0 heterocycles. The molecular formula is C27H30N4O4. The van der Waals surface area contributed by atoms with Crippen molar-refractivity contribution in [1.82, 2.24) is 16.0 Å². The minimum absolute atomic E-state index is 0.0357. The minimum atomic E-state index is -0.741. The summed E-state index contributed by atoms with van der Waals surface area (Å²) in [5.74, 6) is 0.182. The third kappa shape index (κ3) is 7.89. The Morgan fingerprint density at radius 1 is 0.829 bits per heavy atom. The van der Waals surface area contributed by atoms with Crippen molar-refractivity contribution in [3.05, 3.63) is 95.6 Å². The molecule has 0 unspecified atom stereocenters. The molecule has 0 aromatic heterocycles. The molecule has 8 heteroatoms. The van der Waals surface area contributed by atoms with Gasteiger partial charge in [-0.3, -0.25) is 20.3 Å². The second-order valence-electron chi connectivity index (χ2n) is 7.88. The van der Waals surface area contributed by atoms with Gasteiger partial charge in [0, 0.05) is 13.0 Å². The number of amides is 2. The van der Waals surface area contributed by atoms with Crippen molar-refractivity contribution in [2.24, 2.45) is 0 Å². The van der Waals surface area contributed by atoms with Crippen LogP contribution in [0, 0.1) is 5.41 Å². The maximum Gasteiger partial charge on any atom is 0.243 e. The van der Waals surface area contributed by atoms with E-state index in [4.69, 9.17) is 14.9 Å². The standard InChI is InChI=1S/C27H30N4O4/c1-34-23-14-13-21(16-24(23)35-2)17-25(32)31-27(28)30-22(15-19-9-5-3-6-10-19)26(33)29-18-20-11-7-4-8-12-20/h3-14,16,22H,15,17-18H2,1-2H3,(H,29,33)(H3,28,30,31,32)/t22-/m1/s1. The third-order valence-electron chi connectivity index (χ3n) is 5.30. The van der Waals surface area contributed by atoms with Crippen LogP contribution in [0.2, 0.25) is 0 Å². The van der Waals surface area contributed by atoms with Crippen LogP contribution in [0.4, 0.5) is 0 Å². The highest BCUT2D eigenvalue weighted by Crippen LogP contribution is 2.27. The highest BCUT2D eigenvalue weighted by atomic mass is 16.5. The van der Waals surface area contributed by atoms with Crippen LogP contribution in [0.15, 0.2) is 78.9 Å². The molecule has 0 radical (unpaired) electrons. The highest BCUT2D eigenvalue weighted by molar-refractivity contribution is 5.98. The maximum absolute atomic E-state index is 13.0. The lowest BCUT2D eigenvalue weighted by Crippen LogP contribution is -2.52. The van der Waals surface area contributed by atoms with E-state index in [0.717, 1.165) is 11.1 Å². The van der Waals surface area contributed by atoms with Crippen molar-refractivity contribution < 1.29 is 19.1 Å². The molecule has 0 bridgehead atoms. The Bertz CT molecular complexity index is 1140. The van der Waals surface area contributed by atoms with Gasteiger partial charge >= 0.3 is 0 Å². The lowest BCUT2D eigenvalue weighted by Gasteiger charge is -2.20. The molecule has 0 aliphatic rings. The molecule has 0 saturated carbocycles. The van der Waals surface area contributed by atoms with Crippen LogP contribution in [0.3, 0.4) is 0 Å². The van der Waals surface area contributed by atoms with Gasteiger partial charge in [-0.15, -0.1) is 0 Å². The average molecular weight is 475 g/mol. The number of methoxy groups -OCH3 is 2. The first-order valence-electron chi connectivity index (χ1n) is 11.2. The average Bonchev–Trinajstić information content (AvgIpc) is 2.87. The molecule has 0 saturated heterocycles. The first-order valence-corrected chi connectivity index (χ1v) is 11.2. The van der Waals surface area contributed by atoms with Crippen molar-refractivity contribution in [2.45, 2.75) is 25.4 Å². The van der Waals surface area contributed by atoms with E-state index in [1.54, 1.807) is 25.3 Å². The summed E-state index contributed by atoms with van der Waals surface area (Å²) in [4.78, 5) is 25.5. The van der Waals surface area contributed by atoms with Crippen LogP contribution in [0.25, 0.3) is 0 Å². The van der Waals surface area contributed by atoms with Crippen molar-refractivity contribution in [3.63, 3.8) is 0 Å². The topological polar surface area (TPSA) is 113 Å². The third-order valence-corrected chi connectivity index (χ3v) is 5.30. The highest BCUT2D eigenvalue weighted by Gasteiger charge is 2.21. The van der Waals surface area contributed by atoms with E-state index >= 15 is 0 Å². The molecule has 182 valence electrons. The van der Waals surface area contributed by atoms with Crippen LogP contribution in [0.1, 0.15) is 16.7 Å². The van der Waals surface area contributed by atoms with Gasteiger partial charge in [0.15, 0.2) is 17.5 Å². The minimum Gasteiger partial charge on any atom is -0.493 e. The smallest absolute Gasteiger partial charge is 0.243 e. The molecule has 0 spiro atoms. The number of hydrogen-bond acceptors (Lipinski definition) is 5. The number of carbonyl (C=O) groups is 2. The number of carbonyl (C=O) groups excluding carboxylic acids is 2. The molecule has 3 aromatic rings. The van der Waals surface area contributed by atoms with Gasteiger partial charge in [0.05, 0.1) is 20.6 Å². The Morgan fingerprint density at radius 3 is 2.09 bits per heavy atom. The first kappa shape index (κ1) is 25.3. The van der Waals surface area contributed by atoms with Crippen molar-refractivity contribution in [3.8, 4) is 11.5 Å². The number of hydrogen-bond donors (Lipinski definition) is 4. The van der Waals surface area contributed by atoms with Crippen molar-refractivity contribution in [2.75, 3.05) is 14.2 Å². The summed E-state index contributed by atoms with van der Waals surface area (Å²) >= 11 is 0. The zero-order chi connectivity index (χ0) is 25.0. The summed E-state index contributed by atoms with van der Waals surface area (Å²) in [5, 5.41) is 16.5. The van der Waals surface area contributed by atoms with Gasteiger partial charge in [-0.05, 0) is 28.8 Å². The van der Waals surface area contributed by atoms with E-state index in [1.165, 1.54) is 7.11 Å². The molecule has 0 aliphatic carbocycles. The molecule has 2 amide bonds. The van der Waals surface area contributed by atoms with Crippen LogP contribution in [-0.2, 0) is 29.0 Å². The Kier molecular flexibility index (Phi) is 9.24. The van der Waals surface area contributed by atoms with Gasteiger partial charge in [0.25, 0.3) is 0 Å². The predicted molar refractivity (Wildman–Crippen MR) is 134 cm³/mol. The van der Waals surface area contributed by atoms with Crippen LogP contribution >= 0.6 is 0 Å². The van der Waals surface area contributed by atoms with Gasteiger partial charge in [-0.1, -0.05) is 66.7 Å². The molecular weight excluding hydrogens is 444 g/mol. The van der Waals surface area contributed by atoms with E-state index in [0.29, 0.717) is 30.0 Å². The Morgan fingerprint density at radius 2 is 1.46 bits per heavy atom. The van der Waals surface area contributed by atoms with Crippen molar-refractivity contribution >= 4 is 17.8 Å². The lowest BCUT2D eigenvalue weighted by atomic mass is 10.1. The van der Waals surface area contributed by atoms with E-state index in [1.807, 2.05) is 60.7 Å². The number of rotatable bonds is 10. The normalized spacial score (nSPS) is 11.1. The molecule has 0 fully saturated rings. The largest absolute Gasteiger partial charge is 0.493 e. The van der Waals surface area contributed by atoms with Gasteiger partial charge in [0.1, 0.15) is 6.04 Å². The molecule has 35 heavy (non-hydrogen) atoms. The molecule has 8 nitrogen and oxygen atoms in total. The van der Waals surface area contributed by atoms with Crippen LogP contribution < -0.4 is 25.4 Å². The summed E-state index contributed by atoms with van der Waals surface area (Å²) in [5.41, 5.74) is 2.61. The van der Waals surface area contributed by atoms with E-state index in [-0.39, 0.29) is 18.3 Å². The zero-order valence-electron chi connectivity index (χ0n) is 19.8. The van der Waals surface area contributed by atoms with Gasteiger partial charge in [0.2, 0.25) is 11.8 Å². The summed E-state index contributed by atoms with van der Waals surface area (Å²) < 4.78 is 10.5. The summed E-state index contributed by atoms with van der Waals surface area (Å²) in [7, 11) is 3.07. The van der Waals surface area contributed by atoms with E-state index in [9.17, 15) is 9.59 Å². The van der Waals surface area contributed by atoms with Gasteiger partial charge in [-0.2, -0.15) is 0 Å². The number of benzene rings is 3. The molecule has 3 aromatic carbocycles.